The van der Waals surface area contributed by atoms with Gasteiger partial charge in [-0.1, -0.05) is 29.3 Å². The van der Waals surface area contributed by atoms with Gasteiger partial charge in [-0.05, 0) is 36.2 Å². The molecule has 144 valence electrons. The van der Waals surface area contributed by atoms with E-state index in [1.54, 1.807) is 26.4 Å². The van der Waals surface area contributed by atoms with Gasteiger partial charge in [-0.25, -0.2) is 4.98 Å². The first-order valence-corrected chi connectivity index (χ1v) is 9.50. The highest BCUT2D eigenvalue weighted by Gasteiger charge is 2.25. The third kappa shape index (κ3) is 5.17. The molecule has 1 aliphatic rings. The van der Waals surface area contributed by atoms with Crippen LogP contribution in [0, 0.1) is 0 Å². The Morgan fingerprint density at radius 1 is 1.33 bits per heavy atom. The molecule has 0 aliphatic carbocycles. The van der Waals surface area contributed by atoms with Crippen molar-refractivity contribution in [3.05, 3.63) is 52.3 Å². The van der Waals surface area contributed by atoms with Gasteiger partial charge >= 0.3 is 0 Å². The molecule has 27 heavy (non-hydrogen) atoms. The highest BCUT2D eigenvalue weighted by atomic mass is 35.5. The predicted molar refractivity (Wildman–Crippen MR) is 111 cm³/mol. The molecule has 1 saturated heterocycles. The maximum absolute atomic E-state index is 6.16. The summed E-state index contributed by atoms with van der Waals surface area (Å²) in [5.41, 5.74) is 2.06. The zero-order chi connectivity index (χ0) is 19.2. The Hall–Kier alpha value is -2.18. The molecule has 2 aromatic rings. The number of hydrogen-bond acceptors (Lipinski definition) is 4. The van der Waals surface area contributed by atoms with Crippen molar-refractivity contribution in [2.45, 2.75) is 19.0 Å². The van der Waals surface area contributed by atoms with Gasteiger partial charge in [-0.2, -0.15) is 0 Å². The van der Waals surface area contributed by atoms with Crippen molar-refractivity contribution in [3.8, 4) is 5.75 Å². The second-order valence-electron chi connectivity index (χ2n) is 6.31. The molecule has 1 aromatic carbocycles. The molecular formula is C19H23Cl2N5O. The van der Waals surface area contributed by atoms with E-state index in [4.69, 9.17) is 27.9 Å². The van der Waals surface area contributed by atoms with Crippen molar-refractivity contribution in [1.29, 1.82) is 0 Å². The molecule has 1 aromatic heterocycles. The monoisotopic (exact) mass is 407 g/mol. The predicted octanol–water partition coefficient (Wildman–Crippen LogP) is 3.34. The number of halogens is 2. The minimum absolute atomic E-state index is 0.281. The summed E-state index contributed by atoms with van der Waals surface area (Å²) in [7, 11) is 3.44. The minimum atomic E-state index is 0.281. The van der Waals surface area contributed by atoms with Crippen LogP contribution in [0.25, 0.3) is 0 Å². The van der Waals surface area contributed by atoms with E-state index >= 15 is 0 Å². The third-order valence-corrected chi connectivity index (χ3v) is 4.94. The van der Waals surface area contributed by atoms with E-state index in [2.05, 4.69) is 25.5 Å². The van der Waals surface area contributed by atoms with Crippen molar-refractivity contribution in [1.82, 2.24) is 15.6 Å². The lowest BCUT2D eigenvalue weighted by atomic mass is 10.2. The van der Waals surface area contributed by atoms with Crippen molar-refractivity contribution in [3.63, 3.8) is 0 Å². The number of guanidine groups is 1. The Kier molecular flexibility index (Phi) is 6.63. The molecule has 0 spiro atoms. The second kappa shape index (κ2) is 9.15. The lowest BCUT2D eigenvalue weighted by Gasteiger charge is -2.22. The van der Waals surface area contributed by atoms with Gasteiger partial charge in [0.2, 0.25) is 0 Å². The Morgan fingerprint density at radius 2 is 2.19 bits per heavy atom. The van der Waals surface area contributed by atoms with Gasteiger partial charge in [0.15, 0.2) is 5.96 Å². The van der Waals surface area contributed by atoms with E-state index in [0.29, 0.717) is 16.7 Å². The summed E-state index contributed by atoms with van der Waals surface area (Å²) >= 11 is 12.0. The number of benzene rings is 1. The molecule has 3 rings (SSSR count). The normalized spacial score (nSPS) is 17.1. The number of anilines is 1. The van der Waals surface area contributed by atoms with Crippen LogP contribution in [0.1, 0.15) is 12.0 Å². The number of hydrogen-bond donors (Lipinski definition) is 2. The first-order chi connectivity index (χ1) is 13.1. The zero-order valence-corrected chi connectivity index (χ0v) is 16.9. The fourth-order valence-electron chi connectivity index (χ4n) is 3.09. The highest BCUT2D eigenvalue weighted by molar-refractivity contribution is 6.31. The average Bonchev–Trinajstić information content (AvgIpc) is 3.14. The van der Waals surface area contributed by atoms with Crippen LogP contribution in [0.2, 0.25) is 10.2 Å². The topological polar surface area (TPSA) is 61.8 Å². The summed E-state index contributed by atoms with van der Waals surface area (Å²) in [6.07, 6.45) is 2.75. The summed E-state index contributed by atoms with van der Waals surface area (Å²) in [5, 5.41) is 7.98. The van der Waals surface area contributed by atoms with E-state index in [-0.39, 0.29) is 6.04 Å². The van der Waals surface area contributed by atoms with Crippen LogP contribution in [0.4, 0.5) is 5.69 Å². The van der Waals surface area contributed by atoms with E-state index in [1.165, 1.54) is 0 Å². The molecule has 2 N–H and O–H groups in total. The first kappa shape index (κ1) is 19.6. The molecule has 0 amide bonds. The standard InChI is InChI=1S/C19H23Cl2N5O/c1-22-19(24-11-13-3-6-18(21)23-10-13)25-15-7-8-26(12-15)16-9-14(20)4-5-17(16)27-2/h3-6,9-10,15H,7-8,11-12H2,1-2H3,(H2,22,24,25). The number of nitrogens with zero attached hydrogens (tertiary/aromatic N) is 3. The Bertz CT molecular complexity index is 797. The van der Waals surface area contributed by atoms with Crippen LogP contribution in [0.15, 0.2) is 41.5 Å². The van der Waals surface area contributed by atoms with Gasteiger partial charge in [-0.15, -0.1) is 0 Å². The van der Waals surface area contributed by atoms with Crippen LogP contribution in [-0.4, -0.2) is 44.2 Å². The fourth-order valence-corrected chi connectivity index (χ4v) is 3.37. The third-order valence-electron chi connectivity index (χ3n) is 4.48. The van der Waals surface area contributed by atoms with Crippen molar-refractivity contribution in [2.24, 2.45) is 4.99 Å². The minimum Gasteiger partial charge on any atom is -0.495 e. The SMILES string of the molecule is CN=C(NCc1ccc(Cl)nc1)NC1CCN(c2cc(Cl)ccc2OC)C1. The van der Waals surface area contributed by atoms with Crippen molar-refractivity contribution >= 4 is 34.8 Å². The van der Waals surface area contributed by atoms with Crippen LogP contribution in [0.3, 0.4) is 0 Å². The molecule has 1 unspecified atom stereocenters. The maximum Gasteiger partial charge on any atom is 0.191 e. The lowest BCUT2D eigenvalue weighted by Crippen LogP contribution is -2.44. The van der Waals surface area contributed by atoms with E-state index in [0.717, 1.165) is 42.5 Å². The van der Waals surface area contributed by atoms with Gasteiger partial charge < -0.3 is 20.3 Å². The molecule has 1 aliphatic heterocycles. The summed E-state index contributed by atoms with van der Waals surface area (Å²) in [6.45, 7) is 2.40. The average molecular weight is 408 g/mol. The number of aromatic nitrogens is 1. The molecule has 0 saturated carbocycles. The molecule has 1 fully saturated rings. The number of pyridine rings is 1. The number of ether oxygens (including phenoxy) is 1. The summed E-state index contributed by atoms with van der Waals surface area (Å²) in [4.78, 5) is 10.7. The van der Waals surface area contributed by atoms with E-state index in [9.17, 15) is 0 Å². The van der Waals surface area contributed by atoms with Crippen molar-refractivity contribution in [2.75, 3.05) is 32.1 Å². The maximum atomic E-state index is 6.16. The lowest BCUT2D eigenvalue weighted by molar-refractivity contribution is 0.415. The van der Waals surface area contributed by atoms with Crippen LogP contribution < -0.4 is 20.3 Å². The highest BCUT2D eigenvalue weighted by Crippen LogP contribution is 2.33. The smallest absolute Gasteiger partial charge is 0.191 e. The molecule has 6 nitrogen and oxygen atoms in total. The van der Waals surface area contributed by atoms with Gasteiger partial charge in [0.05, 0.1) is 12.8 Å². The quantitative estimate of drug-likeness (QED) is 0.452. The zero-order valence-electron chi connectivity index (χ0n) is 15.4. The summed E-state index contributed by atoms with van der Waals surface area (Å²) < 4.78 is 5.47. The Labute approximate surface area is 169 Å². The van der Waals surface area contributed by atoms with Crippen molar-refractivity contribution < 1.29 is 4.74 Å². The first-order valence-electron chi connectivity index (χ1n) is 8.75. The number of rotatable bonds is 5. The van der Waals surface area contributed by atoms with Crippen LogP contribution in [-0.2, 0) is 6.54 Å². The number of aliphatic imine (C=N–C) groups is 1. The van der Waals surface area contributed by atoms with Gasteiger partial charge in [0.25, 0.3) is 0 Å². The van der Waals surface area contributed by atoms with Crippen LogP contribution in [0.5, 0.6) is 5.75 Å². The molecule has 0 radical (unpaired) electrons. The molecule has 1 atom stereocenters. The Morgan fingerprint density at radius 3 is 2.89 bits per heavy atom. The summed E-state index contributed by atoms with van der Waals surface area (Å²) in [6, 6.07) is 9.69. The van der Waals surface area contributed by atoms with Crippen LogP contribution >= 0.6 is 23.2 Å². The second-order valence-corrected chi connectivity index (χ2v) is 7.13. The largest absolute Gasteiger partial charge is 0.495 e. The van der Waals surface area contributed by atoms with Gasteiger partial charge in [0, 0.05) is 43.9 Å². The molecule has 2 heterocycles. The number of methoxy groups -OCH3 is 1. The molecular weight excluding hydrogens is 385 g/mol. The van der Waals surface area contributed by atoms with E-state index < -0.39 is 0 Å². The fraction of sp³-hybridized carbons (Fsp3) is 0.368. The summed E-state index contributed by atoms with van der Waals surface area (Å²) in [5.74, 6) is 1.59. The molecule has 8 heteroatoms. The van der Waals surface area contributed by atoms with E-state index in [1.807, 2.05) is 24.3 Å². The molecule has 0 bridgehead atoms. The Balaban J connectivity index is 1.56. The van der Waals surface area contributed by atoms with Gasteiger partial charge in [0.1, 0.15) is 10.9 Å². The van der Waals surface area contributed by atoms with Gasteiger partial charge in [-0.3, -0.25) is 4.99 Å². The number of nitrogens with one attached hydrogen (secondary N) is 2.